The molecule has 0 N–H and O–H groups in total. The van der Waals surface area contributed by atoms with Crippen molar-refractivity contribution in [3.8, 4) is 17.2 Å². The van der Waals surface area contributed by atoms with Crippen molar-refractivity contribution in [1.82, 2.24) is 0 Å². The molecule has 2 aromatic rings. The topological polar surface area (TPSA) is 44.8 Å². The Morgan fingerprint density at radius 2 is 1.65 bits per heavy atom. The van der Waals surface area contributed by atoms with E-state index < -0.39 is 5.97 Å². The third-order valence-electron chi connectivity index (χ3n) is 2.65. The summed E-state index contributed by atoms with van der Waals surface area (Å²) in [5.41, 5.74) is 0.392. The number of esters is 1. The highest BCUT2D eigenvalue weighted by atomic mass is 16.5. The van der Waals surface area contributed by atoms with Gasteiger partial charge in [0.25, 0.3) is 0 Å². The maximum absolute atomic E-state index is 11.6. The Kier molecular flexibility index (Phi) is 4.60. The molecule has 0 spiro atoms. The van der Waals surface area contributed by atoms with Crippen LogP contribution in [0.15, 0.2) is 48.5 Å². The molecule has 104 valence electrons. The third kappa shape index (κ3) is 3.29. The molecule has 4 heteroatoms. The summed E-state index contributed by atoms with van der Waals surface area (Å²) < 4.78 is 15.8. The molecule has 0 unspecified atom stereocenters. The molecule has 0 bridgehead atoms. The van der Waals surface area contributed by atoms with Crippen LogP contribution in [0, 0.1) is 0 Å². The summed E-state index contributed by atoms with van der Waals surface area (Å²) in [5, 5.41) is 0. The number of hydrogen-bond acceptors (Lipinski definition) is 4. The quantitative estimate of drug-likeness (QED) is 0.779. The number of methoxy groups -OCH3 is 1. The second-order valence-electron chi connectivity index (χ2n) is 3.99. The molecule has 2 rings (SSSR count). The first-order chi connectivity index (χ1) is 9.74. The number of rotatable bonds is 5. The van der Waals surface area contributed by atoms with Gasteiger partial charge in [0.2, 0.25) is 0 Å². The van der Waals surface area contributed by atoms with Gasteiger partial charge in [0, 0.05) is 0 Å². The summed E-state index contributed by atoms with van der Waals surface area (Å²) >= 11 is 0. The van der Waals surface area contributed by atoms with Crippen molar-refractivity contribution in [2.75, 3.05) is 13.7 Å². The second kappa shape index (κ2) is 6.61. The van der Waals surface area contributed by atoms with E-state index in [1.165, 1.54) is 7.11 Å². The van der Waals surface area contributed by atoms with Crippen LogP contribution in [0.5, 0.6) is 17.2 Å². The second-order valence-corrected chi connectivity index (χ2v) is 3.99. The first kappa shape index (κ1) is 13.9. The first-order valence-corrected chi connectivity index (χ1v) is 6.32. The predicted octanol–water partition coefficient (Wildman–Crippen LogP) is 3.66. The Bertz CT molecular complexity index is 575. The van der Waals surface area contributed by atoms with Gasteiger partial charge >= 0.3 is 5.97 Å². The molecular formula is C16H16O4. The number of para-hydroxylation sites is 1. The largest absolute Gasteiger partial charge is 0.494 e. The fourth-order valence-electron chi connectivity index (χ4n) is 1.73. The van der Waals surface area contributed by atoms with E-state index in [0.717, 1.165) is 5.75 Å². The molecule has 0 saturated carbocycles. The van der Waals surface area contributed by atoms with Gasteiger partial charge in [-0.15, -0.1) is 0 Å². The normalized spacial score (nSPS) is 9.90. The van der Waals surface area contributed by atoms with E-state index in [4.69, 9.17) is 14.2 Å². The molecule has 4 nitrogen and oxygen atoms in total. The van der Waals surface area contributed by atoms with Crippen molar-refractivity contribution in [2.45, 2.75) is 6.92 Å². The van der Waals surface area contributed by atoms with Crippen LogP contribution in [0.25, 0.3) is 0 Å². The van der Waals surface area contributed by atoms with Gasteiger partial charge in [0.15, 0.2) is 0 Å². The summed E-state index contributed by atoms with van der Waals surface area (Å²) in [6.07, 6.45) is 0. The molecule has 0 aliphatic carbocycles. The molecule has 0 aliphatic heterocycles. The molecule has 0 amide bonds. The van der Waals surface area contributed by atoms with E-state index >= 15 is 0 Å². The lowest BCUT2D eigenvalue weighted by Crippen LogP contribution is -2.03. The summed E-state index contributed by atoms with van der Waals surface area (Å²) in [5.74, 6) is 1.45. The molecule has 20 heavy (non-hydrogen) atoms. The van der Waals surface area contributed by atoms with Crippen molar-refractivity contribution >= 4 is 5.97 Å². The van der Waals surface area contributed by atoms with E-state index in [9.17, 15) is 4.79 Å². The van der Waals surface area contributed by atoms with Crippen LogP contribution in [0.2, 0.25) is 0 Å². The zero-order valence-corrected chi connectivity index (χ0v) is 11.5. The molecule has 0 atom stereocenters. The summed E-state index contributed by atoms with van der Waals surface area (Å²) in [6.45, 7) is 2.54. The number of ether oxygens (including phenoxy) is 3. The van der Waals surface area contributed by atoms with Crippen molar-refractivity contribution in [3.05, 3.63) is 54.1 Å². The SMILES string of the molecule is CCOc1ccc(Oc2ccccc2C(=O)OC)cc1. The van der Waals surface area contributed by atoms with Gasteiger partial charge < -0.3 is 14.2 Å². The highest BCUT2D eigenvalue weighted by molar-refractivity contribution is 5.92. The van der Waals surface area contributed by atoms with Gasteiger partial charge in [0.05, 0.1) is 13.7 Å². The minimum absolute atomic E-state index is 0.392. The minimum atomic E-state index is -0.425. The molecule has 0 saturated heterocycles. The molecule has 2 aromatic carbocycles. The summed E-state index contributed by atoms with van der Waals surface area (Å²) in [7, 11) is 1.34. The van der Waals surface area contributed by atoms with Gasteiger partial charge in [-0.1, -0.05) is 12.1 Å². The maximum Gasteiger partial charge on any atom is 0.341 e. The average Bonchev–Trinajstić information content (AvgIpc) is 2.49. The Hall–Kier alpha value is -2.49. The highest BCUT2D eigenvalue weighted by Crippen LogP contribution is 2.27. The maximum atomic E-state index is 11.6. The molecule has 0 radical (unpaired) electrons. The summed E-state index contributed by atoms with van der Waals surface area (Å²) in [4.78, 5) is 11.6. The lowest BCUT2D eigenvalue weighted by molar-refractivity contribution is 0.0598. The lowest BCUT2D eigenvalue weighted by Gasteiger charge is -2.10. The van der Waals surface area contributed by atoms with E-state index in [2.05, 4.69) is 0 Å². The molecule has 0 aromatic heterocycles. The zero-order chi connectivity index (χ0) is 14.4. The highest BCUT2D eigenvalue weighted by Gasteiger charge is 2.12. The van der Waals surface area contributed by atoms with Crippen LogP contribution in [-0.4, -0.2) is 19.7 Å². The number of benzene rings is 2. The van der Waals surface area contributed by atoms with Crippen molar-refractivity contribution < 1.29 is 19.0 Å². The standard InChI is InChI=1S/C16H16O4/c1-3-19-12-8-10-13(11-9-12)20-15-7-5-4-6-14(15)16(17)18-2/h4-11H,3H2,1-2H3. The van der Waals surface area contributed by atoms with Crippen LogP contribution in [-0.2, 0) is 4.74 Å². The molecular weight excluding hydrogens is 256 g/mol. The Morgan fingerprint density at radius 1 is 1.00 bits per heavy atom. The molecule has 0 fully saturated rings. The van der Waals surface area contributed by atoms with E-state index in [1.807, 2.05) is 19.1 Å². The van der Waals surface area contributed by atoms with Gasteiger partial charge in [0.1, 0.15) is 22.8 Å². The fourth-order valence-corrected chi connectivity index (χ4v) is 1.73. The monoisotopic (exact) mass is 272 g/mol. The fraction of sp³-hybridized carbons (Fsp3) is 0.188. The van der Waals surface area contributed by atoms with Gasteiger partial charge in [-0.05, 0) is 43.3 Å². The number of carbonyl (C=O) groups excluding carboxylic acids is 1. The van der Waals surface area contributed by atoms with Crippen LogP contribution < -0.4 is 9.47 Å². The van der Waals surface area contributed by atoms with Crippen molar-refractivity contribution in [3.63, 3.8) is 0 Å². The van der Waals surface area contributed by atoms with Gasteiger partial charge in [-0.3, -0.25) is 0 Å². The van der Waals surface area contributed by atoms with E-state index in [1.54, 1.807) is 36.4 Å². The van der Waals surface area contributed by atoms with Crippen LogP contribution in [0.4, 0.5) is 0 Å². The molecule has 0 heterocycles. The number of carbonyl (C=O) groups is 1. The predicted molar refractivity (Wildman–Crippen MR) is 75.5 cm³/mol. The third-order valence-corrected chi connectivity index (χ3v) is 2.65. The zero-order valence-electron chi connectivity index (χ0n) is 11.5. The van der Waals surface area contributed by atoms with Crippen molar-refractivity contribution in [1.29, 1.82) is 0 Å². The lowest BCUT2D eigenvalue weighted by atomic mass is 10.2. The van der Waals surface area contributed by atoms with E-state index in [0.29, 0.717) is 23.7 Å². The molecule has 0 aliphatic rings. The smallest absolute Gasteiger partial charge is 0.341 e. The van der Waals surface area contributed by atoms with E-state index in [-0.39, 0.29) is 0 Å². The van der Waals surface area contributed by atoms with Crippen LogP contribution in [0.1, 0.15) is 17.3 Å². The average molecular weight is 272 g/mol. The van der Waals surface area contributed by atoms with Crippen LogP contribution in [0.3, 0.4) is 0 Å². The van der Waals surface area contributed by atoms with Crippen LogP contribution >= 0.6 is 0 Å². The summed E-state index contributed by atoms with van der Waals surface area (Å²) in [6, 6.07) is 14.2. The first-order valence-electron chi connectivity index (χ1n) is 6.32. The van der Waals surface area contributed by atoms with Crippen molar-refractivity contribution in [2.24, 2.45) is 0 Å². The minimum Gasteiger partial charge on any atom is -0.494 e. The number of hydrogen-bond donors (Lipinski definition) is 0. The van der Waals surface area contributed by atoms with Gasteiger partial charge in [-0.2, -0.15) is 0 Å². The Labute approximate surface area is 117 Å². The van der Waals surface area contributed by atoms with Gasteiger partial charge in [-0.25, -0.2) is 4.79 Å². The Balaban J connectivity index is 2.19. The Morgan fingerprint density at radius 3 is 2.30 bits per heavy atom.